The molecule has 0 radical (unpaired) electrons. The fourth-order valence-electron chi connectivity index (χ4n) is 5.77. The predicted octanol–water partition coefficient (Wildman–Crippen LogP) is 2.37. The lowest BCUT2D eigenvalue weighted by molar-refractivity contribution is -0.142. The van der Waals surface area contributed by atoms with Gasteiger partial charge in [-0.15, -0.1) is 0 Å². The van der Waals surface area contributed by atoms with Crippen molar-refractivity contribution in [2.45, 2.75) is 57.7 Å². The molecule has 0 saturated heterocycles. The molecule has 5 unspecified atom stereocenters. The number of carbonyl (C=O) groups is 4. The molecule has 5 atom stereocenters. The fourth-order valence-corrected chi connectivity index (χ4v) is 5.77. The van der Waals surface area contributed by atoms with Crippen molar-refractivity contribution in [3.05, 3.63) is 71.3 Å². The molecule has 3 aliphatic rings. The maximum Gasteiger partial charge on any atom is 0.326 e. The number of phenols is 2. The first-order valence-electron chi connectivity index (χ1n) is 15.2. The van der Waals surface area contributed by atoms with Gasteiger partial charge < -0.3 is 41.7 Å². The van der Waals surface area contributed by atoms with E-state index in [0.29, 0.717) is 28.9 Å². The second-order valence-corrected chi connectivity index (χ2v) is 12.0. The van der Waals surface area contributed by atoms with Crippen LogP contribution in [0.3, 0.4) is 0 Å². The number of nitrogens with two attached hydrogens (primary N) is 1. The number of carbonyl (C=O) groups excluding carboxylic acids is 3. The predicted molar refractivity (Wildman–Crippen MR) is 168 cm³/mol. The zero-order chi connectivity index (χ0) is 33.1. The molecule has 6 rings (SSSR count). The fraction of sp³-hybridized carbons (Fsp3) is 0.353. The van der Waals surface area contributed by atoms with Crippen LogP contribution in [0.2, 0.25) is 0 Å². The van der Waals surface area contributed by atoms with E-state index >= 15 is 0 Å². The van der Waals surface area contributed by atoms with Gasteiger partial charge in [-0.2, -0.15) is 0 Å². The molecular weight excluding hydrogens is 592 g/mol. The molecule has 0 spiro atoms. The van der Waals surface area contributed by atoms with E-state index in [0.717, 1.165) is 0 Å². The smallest absolute Gasteiger partial charge is 0.326 e. The summed E-state index contributed by atoms with van der Waals surface area (Å²) in [6, 6.07) is 10.8. The number of aliphatic carboxylic acids is 1. The van der Waals surface area contributed by atoms with Gasteiger partial charge in [0, 0.05) is 30.5 Å². The van der Waals surface area contributed by atoms with Crippen molar-refractivity contribution in [3.63, 3.8) is 0 Å². The highest BCUT2D eigenvalue weighted by atomic mass is 16.5. The minimum absolute atomic E-state index is 0.0277. The summed E-state index contributed by atoms with van der Waals surface area (Å²) in [5.41, 5.74) is 8.32. The lowest BCUT2D eigenvalue weighted by Gasteiger charge is -2.28. The zero-order valence-electron chi connectivity index (χ0n) is 25.6. The van der Waals surface area contributed by atoms with Crippen molar-refractivity contribution < 1.29 is 39.2 Å². The Morgan fingerprint density at radius 1 is 0.891 bits per heavy atom. The first kappa shape index (κ1) is 32.3. The summed E-state index contributed by atoms with van der Waals surface area (Å²) >= 11 is 0. The molecule has 12 heteroatoms. The number of carboxylic acid groups (broad SMARTS) is 1. The number of aromatic hydroxyl groups is 2. The monoisotopic (exact) mass is 630 g/mol. The highest BCUT2D eigenvalue weighted by Crippen LogP contribution is 2.44. The molecule has 3 heterocycles. The van der Waals surface area contributed by atoms with Crippen LogP contribution in [0.25, 0.3) is 11.1 Å². The number of rotatable bonds is 3. The van der Waals surface area contributed by atoms with Crippen molar-refractivity contribution in [1.29, 1.82) is 0 Å². The molecule has 0 saturated carbocycles. The van der Waals surface area contributed by atoms with Gasteiger partial charge in [0.2, 0.25) is 17.7 Å². The van der Waals surface area contributed by atoms with Gasteiger partial charge in [0.15, 0.2) is 11.5 Å². The second-order valence-electron chi connectivity index (χ2n) is 12.0. The van der Waals surface area contributed by atoms with Crippen LogP contribution in [0.15, 0.2) is 54.6 Å². The van der Waals surface area contributed by atoms with Crippen LogP contribution in [0.4, 0.5) is 0 Å². The Kier molecular flexibility index (Phi) is 9.47. The van der Waals surface area contributed by atoms with Crippen molar-refractivity contribution in [3.8, 4) is 34.1 Å². The van der Waals surface area contributed by atoms with Crippen LogP contribution in [0, 0.1) is 11.8 Å². The number of carboxylic acids is 1. The summed E-state index contributed by atoms with van der Waals surface area (Å²) in [4.78, 5) is 52.8. The number of nitrogens with one attached hydrogen (secondary N) is 3. The summed E-state index contributed by atoms with van der Waals surface area (Å²) in [6.07, 6.45) is 0.577. The van der Waals surface area contributed by atoms with E-state index in [4.69, 9.17) is 10.5 Å². The second kappa shape index (κ2) is 13.5. The van der Waals surface area contributed by atoms with Crippen LogP contribution in [0.1, 0.15) is 37.0 Å². The number of phenolic OH excluding ortho intramolecular Hbond substituents is 2. The molecule has 3 amide bonds. The Bertz CT molecular complexity index is 1660. The maximum atomic E-state index is 13.8. The number of hydrogen-bond acceptors (Lipinski definition) is 8. The van der Waals surface area contributed by atoms with Crippen molar-refractivity contribution in [1.82, 2.24) is 16.0 Å². The molecule has 8 N–H and O–H groups in total. The molecule has 242 valence electrons. The summed E-state index contributed by atoms with van der Waals surface area (Å²) in [5, 5.41) is 40.4. The number of benzene rings is 3. The SMILES string of the molecule is CCC(C)C1CNC(=O)C(N)Cc2ccc(O)c(c2)-c2cc3cc(c2O)Oc2ccc(cc2)CC(C(=O)O)NC(=O)C(C3)NC1=O. The van der Waals surface area contributed by atoms with Crippen LogP contribution < -0.4 is 26.4 Å². The average molecular weight is 631 g/mol. The van der Waals surface area contributed by atoms with Gasteiger partial charge in [0.1, 0.15) is 23.6 Å². The molecular formula is C34H38N4O8. The first-order chi connectivity index (χ1) is 21.9. The summed E-state index contributed by atoms with van der Waals surface area (Å²) in [6.45, 7) is 3.74. The molecule has 12 nitrogen and oxygen atoms in total. The number of fused-ring (bicyclic) bond motifs is 9. The number of ether oxygens (including phenoxy) is 1. The molecule has 3 aliphatic heterocycles. The Morgan fingerprint density at radius 2 is 1.59 bits per heavy atom. The maximum absolute atomic E-state index is 13.8. The lowest BCUT2D eigenvalue weighted by atomic mass is 9.89. The highest BCUT2D eigenvalue weighted by molar-refractivity contribution is 5.92. The van der Waals surface area contributed by atoms with E-state index < -0.39 is 47.7 Å². The Hall–Kier alpha value is -5.10. The van der Waals surface area contributed by atoms with E-state index in [-0.39, 0.29) is 60.1 Å². The van der Waals surface area contributed by atoms with E-state index in [1.807, 2.05) is 13.8 Å². The topological polar surface area (TPSA) is 200 Å². The minimum atomic E-state index is -1.30. The van der Waals surface area contributed by atoms with Crippen molar-refractivity contribution in [2.75, 3.05) is 6.54 Å². The number of hydrogen-bond donors (Lipinski definition) is 7. The van der Waals surface area contributed by atoms with Gasteiger partial charge in [-0.05, 0) is 65.4 Å². The van der Waals surface area contributed by atoms with E-state index in [9.17, 15) is 34.5 Å². The molecule has 0 fully saturated rings. The van der Waals surface area contributed by atoms with E-state index in [1.54, 1.807) is 42.5 Å². The lowest BCUT2D eigenvalue weighted by Crippen LogP contribution is -2.55. The Balaban J connectivity index is 1.71. The normalized spacial score (nSPS) is 22.6. The first-order valence-corrected chi connectivity index (χ1v) is 15.2. The third-order valence-electron chi connectivity index (χ3n) is 8.72. The van der Waals surface area contributed by atoms with Crippen LogP contribution >= 0.6 is 0 Å². The largest absolute Gasteiger partial charge is 0.507 e. The average Bonchev–Trinajstić information content (AvgIpc) is 3.02. The third-order valence-corrected chi connectivity index (χ3v) is 8.72. The molecule has 3 aromatic carbocycles. The van der Waals surface area contributed by atoms with Gasteiger partial charge in [-0.1, -0.05) is 38.5 Å². The van der Waals surface area contributed by atoms with Crippen molar-refractivity contribution >= 4 is 23.7 Å². The Labute approximate surface area is 266 Å². The summed E-state index contributed by atoms with van der Waals surface area (Å²) < 4.78 is 6.08. The number of amides is 3. The van der Waals surface area contributed by atoms with Crippen LogP contribution in [0.5, 0.6) is 23.0 Å². The Morgan fingerprint density at radius 3 is 2.28 bits per heavy atom. The standard InChI is InChI=1S/C34H38N4O8/c1-3-17(2)24-16-36-32(42)25(35)12-19-6-9-28(39)22(10-19)23-11-20-14-26(37-31(24)41)33(43)38-27(34(44)45)13-18-4-7-21(8-5-18)46-29(15-20)30(23)40/h4-11,15,17,24-27,39-40H,3,12-14,16,35H2,1-2H3,(H,36,42)(H,37,41)(H,38,43)(H,44,45). The minimum Gasteiger partial charge on any atom is -0.507 e. The van der Waals surface area contributed by atoms with Crippen LogP contribution in [-0.2, 0) is 38.4 Å². The molecule has 46 heavy (non-hydrogen) atoms. The van der Waals surface area contributed by atoms with Crippen LogP contribution in [-0.4, -0.2) is 63.7 Å². The summed E-state index contributed by atoms with van der Waals surface area (Å²) in [7, 11) is 0. The molecule has 3 aromatic rings. The van der Waals surface area contributed by atoms with E-state index in [2.05, 4.69) is 16.0 Å². The van der Waals surface area contributed by atoms with Gasteiger partial charge in [-0.3, -0.25) is 14.4 Å². The molecule has 0 aliphatic carbocycles. The zero-order valence-corrected chi connectivity index (χ0v) is 25.6. The third kappa shape index (κ3) is 7.07. The molecule has 0 aromatic heterocycles. The molecule has 8 bridgehead atoms. The van der Waals surface area contributed by atoms with Gasteiger partial charge in [0.05, 0.1) is 12.0 Å². The quantitative estimate of drug-likeness (QED) is 0.227. The van der Waals surface area contributed by atoms with Gasteiger partial charge >= 0.3 is 5.97 Å². The van der Waals surface area contributed by atoms with Crippen molar-refractivity contribution in [2.24, 2.45) is 17.6 Å². The van der Waals surface area contributed by atoms with E-state index in [1.165, 1.54) is 12.1 Å². The van der Waals surface area contributed by atoms with Gasteiger partial charge in [-0.25, -0.2) is 4.79 Å². The highest BCUT2D eigenvalue weighted by Gasteiger charge is 2.33. The van der Waals surface area contributed by atoms with Gasteiger partial charge in [0.25, 0.3) is 0 Å². The summed E-state index contributed by atoms with van der Waals surface area (Å²) in [5.74, 6) is -3.94.